The van der Waals surface area contributed by atoms with E-state index in [4.69, 9.17) is 18.9 Å². The van der Waals surface area contributed by atoms with Crippen LogP contribution in [0.1, 0.15) is 56.1 Å². The second-order valence-corrected chi connectivity index (χ2v) is 8.51. The van der Waals surface area contributed by atoms with Gasteiger partial charge in [0.05, 0.1) is 19.8 Å². The van der Waals surface area contributed by atoms with E-state index < -0.39 is 6.09 Å². The molecule has 0 saturated carbocycles. The first-order valence-electron chi connectivity index (χ1n) is 12.6. The Bertz CT molecular complexity index is 886. The van der Waals surface area contributed by atoms with E-state index in [9.17, 15) is 9.59 Å². The summed E-state index contributed by atoms with van der Waals surface area (Å²) >= 11 is 0. The average molecular weight is 484 g/mol. The van der Waals surface area contributed by atoms with Gasteiger partial charge in [0.15, 0.2) is 0 Å². The Kier molecular flexibility index (Phi) is 11.6. The summed E-state index contributed by atoms with van der Waals surface area (Å²) in [4.78, 5) is 23.6. The molecule has 0 spiro atoms. The molecular formula is C28H37NO6. The topological polar surface area (TPSA) is 83.1 Å². The van der Waals surface area contributed by atoms with Crippen LogP contribution in [0.4, 0.5) is 4.79 Å². The van der Waals surface area contributed by atoms with E-state index in [1.165, 1.54) is 22.3 Å². The van der Waals surface area contributed by atoms with Crippen molar-refractivity contribution in [2.24, 2.45) is 0 Å². The van der Waals surface area contributed by atoms with Crippen LogP contribution in [0.25, 0.3) is 11.1 Å². The Hall–Kier alpha value is -2.90. The minimum absolute atomic E-state index is 0.0565. The molecule has 1 amide bonds. The van der Waals surface area contributed by atoms with E-state index in [0.29, 0.717) is 52.4 Å². The van der Waals surface area contributed by atoms with Gasteiger partial charge in [0.2, 0.25) is 0 Å². The molecule has 2 aromatic carbocycles. The lowest BCUT2D eigenvalue weighted by Crippen LogP contribution is -2.27. The number of carbonyl (C=O) groups is 2. The van der Waals surface area contributed by atoms with E-state index >= 15 is 0 Å². The second-order valence-electron chi connectivity index (χ2n) is 8.51. The number of rotatable bonds is 16. The zero-order valence-electron chi connectivity index (χ0n) is 20.6. The maximum absolute atomic E-state index is 12.2. The Morgan fingerprint density at radius 1 is 0.771 bits per heavy atom. The fourth-order valence-electron chi connectivity index (χ4n) is 4.14. The van der Waals surface area contributed by atoms with E-state index in [-0.39, 0.29) is 18.5 Å². The summed E-state index contributed by atoms with van der Waals surface area (Å²) in [7, 11) is 0. The first kappa shape index (κ1) is 26.7. The number of fused-ring (bicyclic) bond motifs is 3. The monoisotopic (exact) mass is 483 g/mol. The molecule has 0 fully saturated rings. The number of ether oxygens (including phenoxy) is 4. The molecule has 0 radical (unpaired) electrons. The van der Waals surface area contributed by atoms with Crippen LogP contribution in [0, 0.1) is 0 Å². The largest absolute Gasteiger partial charge is 0.463 e. The third-order valence-electron chi connectivity index (χ3n) is 5.93. The van der Waals surface area contributed by atoms with Crippen molar-refractivity contribution in [3.63, 3.8) is 0 Å². The van der Waals surface area contributed by atoms with E-state index in [1.54, 1.807) is 0 Å². The highest BCUT2D eigenvalue weighted by Gasteiger charge is 2.28. The molecule has 0 aliphatic heterocycles. The summed E-state index contributed by atoms with van der Waals surface area (Å²) in [6.45, 7) is 4.93. The molecule has 1 aliphatic carbocycles. The summed E-state index contributed by atoms with van der Waals surface area (Å²) in [6.07, 6.45) is 3.74. The smallest absolute Gasteiger partial charge is 0.407 e. The van der Waals surface area contributed by atoms with Gasteiger partial charge in [-0.3, -0.25) is 4.79 Å². The minimum Gasteiger partial charge on any atom is -0.463 e. The van der Waals surface area contributed by atoms with Crippen LogP contribution in [-0.2, 0) is 23.7 Å². The molecule has 1 N–H and O–H groups in total. The Balaban J connectivity index is 1.19. The van der Waals surface area contributed by atoms with Gasteiger partial charge >= 0.3 is 12.1 Å². The maximum Gasteiger partial charge on any atom is 0.407 e. The van der Waals surface area contributed by atoms with Gasteiger partial charge in [0.1, 0.15) is 13.2 Å². The molecule has 0 heterocycles. The lowest BCUT2D eigenvalue weighted by molar-refractivity contribution is -0.145. The predicted molar refractivity (Wildman–Crippen MR) is 134 cm³/mol. The number of unbranched alkanes of at least 4 members (excludes halogenated alkanes) is 2. The number of hydrogen-bond acceptors (Lipinski definition) is 6. The lowest BCUT2D eigenvalue weighted by atomic mass is 9.98. The van der Waals surface area contributed by atoms with E-state index in [2.05, 4.69) is 36.5 Å². The molecule has 0 bridgehead atoms. The van der Waals surface area contributed by atoms with Crippen molar-refractivity contribution in [2.75, 3.05) is 46.2 Å². The zero-order chi connectivity index (χ0) is 24.7. The maximum atomic E-state index is 12.2. The average Bonchev–Trinajstić information content (AvgIpc) is 3.20. The highest BCUT2D eigenvalue weighted by molar-refractivity contribution is 5.79. The molecule has 3 rings (SSSR count). The molecule has 7 nitrogen and oxygen atoms in total. The van der Waals surface area contributed by atoms with Crippen molar-refractivity contribution in [1.29, 1.82) is 0 Å². The van der Waals surface area contributed by atoms with E-state index in [1.807, 2.05) is 24.3 Å². The summed E-state index contributed by atoms with van der Waals surface area (Å²) in [5.74, 6) is -0.108. The minimum atomic E-state index is -0.417. The summed E-state index contributed by atoms with van der Waals surface area (Å²) in [5, 5.41) is 2.78. The predicted octanol–water partition coefficient (Wildman–Crippen LogP) is 5.07. The Labute approximate surface area is 208 Å². The van der Waals surface area contributed by atoms with Gasteiger partial charge in [-0.15, -0.1) is 0 Å². The van der Waals surface area contributed by atoms with Gasteiger partial charge in [0, 0.05) is 25.5 Å². The highest BCUT2D eigenvalue weighted by atomic mass is 16.6. The molecule has 0 aromatic heterocycles. The van der Waals surface area contributed by atoms with Gasteiger partial charge < -0.3 is 24.3 Å². The molecule has 2 aromatic rings. The molecular weight excluding hydrogens is 446 g/mol. The molecule has 0 unspecified atom stereocenters. The molecule has 0 saturated heterocycles. The molecule has 0 atom stereocenters. The summed E-state index contributed by atoms with van der Waals surface area (Å²) in [6, 6.07) is 16.5. The van der Waals surface area contributed by atoms with Crippen LogP contribution in [0.5, 0.6) is 0 Å². The van der Waals surface area contributed by atoms with Gasteiger partial charge in [-0.1, -0.05) is 68.3 Å². The molecule has 190 valence electrons. The van der Waals surface area contributed by atoms with Gasteiger partial charge in [0.25, 0.3) is 0 Å². The van der Waals surface area contributed by atoms with Crippen molar-refractivity contribution < 1.29 is 28.5 Å². The highest BCUT2D eigenvalue weighted by Crippen LogP contribution is 2.44. The quantitative estimate of drug-likeness (QED) is 0.265. The third-order valence-corrected chi connectivity index (χ3v) is 5.93. The first-order chi connectivity index (χ1) is 17.2. The van der Waals surface area contributed by atoms with Crippen LogP contribution in [0.3, 0.4) is 0 Å². The summed E-state index contributed by atoms with van der Waals surface area (Å²) in [5.41, 5.74) is 4.81. The van der Waals surface area contributed by atoms with Crippen LogP contribution in [-0.4, -0.2) is 58.2 Å². The fraction of sp³-hybridized carbons (Fsp3) is 0.500. The molecule has 7 heteroatoms. The fourth-order valence-corrected chi connectivity index (χ4v) is 4.14. The SMILES string of the molecule is CCCCCC(=O)OCCOCCOCCCNC(=O)OCC1c2ccccc2-c2ccccc21. The normalized spacial score (nSPS) is 12.1. The number of hydrogen-bond donors (Lipinski definition) is 1. The number of alkyl carbamates (subject to hydrolysis) is 1. The summed E-state index contributed by atoms with van der Waals surface area (Å²) < 4.78 is 21.5. The van der Waals surface area contributed by atoms with Crippen molar-refractivity contribution in [3.8, 4) is 11.1 Å². The van der Waals surface area contributed by atoms with Crippen LogP contribution < -0.4 is 5.32 Å². The number of amides is 1. The zero-order valence-corrected chi connectivity index (χ0v) is 20.6. The molecule has 35 heavy (non-hydrogen) atoms. The van der Waals surface area contributed by atoms with Gasteiger partial charge in [-0.2, -0.15) is 0 Å². The van der Waals surface area contributed by atoms with Crippen molar-refractivity contribution >= 4 is 12.1 Å². The number of carbonyl (C=O) groups excluding carboxylic acids is 2. The second kappa shape index (κ2) is 15.2. The van der Waals surface area contributed by atoms with Gasteiger partial charge in [-0.05, 0) is 35.1 Å². The van der Waals surface area contributed by atoms with Crippen molar-refractivity contribution in [1.82, 2.24) is 5.32 Å². The van der Waals surface area contributed by atoms with Crippen molar-refractivity contribution in [2.45, 2.75) is 44.9 Å². The Morgan fingerprint density at radius 3 is 2.09 bits per heavy atom. The Morgan fingerprint density at radius 2 is 1.40 bits per heavy atom. The van der Waals surface area contributed by atoms with Gasteiger partial charge in [-0.25, -0.2) is 4.79 Å². The number of nitrogens with one attached hydrogen (secondary N) is 1. The number of benzene rings is 2. The van der Waals surface area contributed by atoms with Crippen molar-refractivity contribution in [3.05, 3.63) is 59.7 Å². The lowest BCUT2D eigenvalue weighted by Gasteiger charge is -2.14. The number of esters is 1. The first-order valence-corrected chi connectivity index (χ1v) is 12.6. The molecule has 1 aliphatic rings. The van der Waals surface area contributed by atoms with Crippen LogP contribution in [0.15, 0.2) is 48.5 Å². The van der Waals surface area contributed by atoms with Crippen LogP contribution >= 0.6 is 0 Å². The standard InChI is InChI=1S/C28H37NO6/c1-2-3-4-14-27(30)34-20-19-33-18-17-32-16-9-15-29-28(31)35-21-26-24-12-7-5-10-22(24)23-11-6-8-13-25(23)26/h5-8,10-13,26H,2-4,9,14-21H2,1H3,(H,29,31). The third kappa shape index (κ3) is 8.67. The van der Waals surface area contributed by atoms with E-state index in [0.717, 1.165) is 19.3 Å². The van der Waals surface area contributed by atoms with Crippen LogP contribution in [0.2, 0.25) is 0 Å².